The van der Waals surface area contributed by atoms with Gasteiger partial charge in [-0.3, -0.25) is 4.90 Å². The van der Waals surface area contributed by atoms with Gasteiger partial charge in [0.1, 0.15) is 5.75 Å². The van der Waals surface area contributed by atoms with E-state index in [4.69, 9.17) is 10.5 Å². The van der Waals surface area contributed by atoms with E-state index in [1.165, 1.54) is 31.4 Å². The molecule has 1 aromatic carbocycles. The molecular formula is C15H22N2O. The molecule has 2 fully saturated rings. The first-order valence-electron chi connectivity index (χ1n) is 6.90. The van der Waals surface area contributed by atoms with Crippen molar-refractivity contribution in [2.75, 3.05) is 20.2 Å². The molecule has 3 unspecified atom stereocenters. The Hall–Kier alpha value is -1.06. The van der Waals surface area contributed by atoms with Crippen LogP contribution in [0.15, 0.2) is 24.3 Å². The predicted octanol–water partition coefficient (Wildman–Crippen LogP) is 2.18. The van der Waals surface area contributed by atoms with Crippen LogP contribution in [-0.2, 0) is 0 Å². The van der Waals surface area contributed by atoms with Crippen LogP contribution in [-0.4, -0.2) is 31.1 Å². The van der Waals surface area contributed by atoms with E-state index < -0.39 is 0 Å². The highest BCUT2D eigenvalue weighted by Gasteiger charge is 2.37. The molecule has 2 N–H and O–H groups in total. The molecule has 0 amide bonds. The minimum atomic E-state index is 0.121. The van der Waals surface area contributed by atoms with E-state index in [1.54, 1.807) is 7.11 Å². The zero-order valence-electron chi connectivity index (χ0n) is 11.0. The number of ether oxygens (including phenoxy) is 1. The van der Waals surface area contributed by atoms with Crippen molar-refractivity contribution in [1.82, 2.24) is 4.90 Å². The molecular weight excluding hydrogens is 224 g/mol. The molecule has 1 aliphatic heterocycles. The maximum Gasteiger partial charge on any atom is 0.118 e. The van der Waals surface area contributed by atoms with Crippen LogP contribution in [0.1, 0.15) is 30.9 Å². The standard InChI is InChI=1S/C15H22N2O/c1-18-14-6-3-12(4-7-14)15(16)10-17-9-11-2-5-13(17)8-11/h3-4,6-7,11,13,15H,2,5,8-10,16H2,1H3. The van der Waals surface area contributed by atoms with E-state index in [1.807, 2.05) is 12.1 Å². The van der Waals surface area contributed by atoms with E-state index in [-0.39, 0.29) is 6.04 Å². The van der Waals surface area contributed by atoms with Crippen LogP contribution in [0, 0.1) is 5.92 Å². The summed E-state index contributed by atoms with van der Waals surface area (Å²) in [5.41, 5.74) is 7.52. The number of nitrogens with two attached hydrogens (primary N) is 1. The van der Waals surface area contributed by atoms with Gasteiger partial charge in [0.05, 0.1) is 7.11 Å². The largest absolute Gasteiger partial charge is 0.497 e. The highest BCUT2D eigenvalue weighted by molar-refractivity contribution is 5.29. The Balaban J connectivity index is 1.62. The number of methoxy groups -OCH3 is 1. The monoisotopic (exact) mass is 246 g/mol. The summed E-state index contributed by atoms with van der Waals surface area (Å²) in [6, 6.07) is 9.07. The van der Waals surface area contributed by atoms with Gasteiger partial charge in [-0.15, -0.1) is 0 Å². The highest BCUT2D eigenvalue weighted by atomic mass is 16.5. The Morgan fingerprint density at radius 2 is 2.11 bits per heavy atom. The third kappa shape index (κ3) is 2.25. The molecule has 2 aliphatic rings. The summed E-state index contributed by atoms with van der Waals surface area (Å²) in [6.45, 7) is 2.25. The second-order valence-corrected chi connectivity index (χ2v) is 5.67. The molecule has 0 spiro atoms. The lowest BCUT2D eigenvalue weighted by Crippen LogP contribution is -2.37. The smallest absolute Gasteiger partial charge is 0.118 e. The van der Waals surface area contributed by atoms with Crippen molar-refractivity contribution in [3.05, 3.63) is 29.8 Å². The van der Waals surface area contributed by atoms with Gasteiger partial charge in [0.15, 0.2) is 0 Å². The first-order chi connectivity index (χ1) is 8.76. The normalized spacial score (nSPS) is 28.6. The predicted molar refractivity (Wildman–Crippen MR) is 72.6 cm³/mol. The van der Waals surface area contributed by atoms with Gasteiger partial charge in [-0.2, -0.15) is 0 Å². The summed E-state index contributed by atoms with van der Waals surface area (Å²) in [5.74, 6) is 1.84. The fourth-order valence-corrected chi connectivity index (χ4v) is 3.46. The number of rotatable bonds is 4. The minimum Gasteiger partial charge on any atom is -0.497 e. The molecule has 3 rings (SSSR count). The van der Waals surface area contributed by atoms with Crippen molar-refractivity contribution in [3.63, 3.8) is 0 Å². The Morgan fingerprint density at radius 1 is 1.33 bits per heavy atom. The van der Waals surface area contributed by atoms with E-state index in [0.29, 0.717) is 0 Å². The quantitative estimate of drug-likeness (QED) is 0.885. The third-order valence-corrected chi connectivity index (χ3v) is 4.50. The van der Waals surface area contributed by atoms with Crippen LogP contribution < -0.4 is 10.5 Å². The molecule has 3 nitrogen and oxygen atoms in total. The summed E-state index contributed by atoms with van der Waals surface area (Å²) in [6.07, 6.45) is 4.20. The lowest BCUT2D eigenvalue weighted by molar-refractivity contribution is 0.201. The van der Waals surface area contributed by atoms with Gasteiger partial charge < -0.3 is 10.5 Å². The van der Waals surface area contributed by atoms with Crippen LogP contribution >= 0.6 is 0 Å². The van der Waals surface area contributed by atoms with Crippen LogP contribution in [0.4, 0.5) is 0 Å². The SMILES string of the molecule is COc1ccc(C(N)CN2CC3CCC2C3)cc1. The molecule has 1 saturated heterocycles. The van der Waals surface area contributed by atoms with Crippen LogP contribution in [0.5, 0.6) is 5.75 Å². The lowest BCUT2D eigenvalue weighted by Gasteiger charge is -2.29. The lowest BCUT2D eigenvalue weighted by atomic mass is 10.1. The third-order valence-electron chi connectivity index (χ3n) is 4.50. The molecule has 1 saturated carbocycles. The van der Waals surface area contributed by atoms with Gasteiger partial charge in [0.25, 0.3) is 0 Å². The van der Waals surface area contributed by atoms with E-state index >= 15 is 0 Å². The molecule has 0 radical (unpaired) electrons. The van der Waals surface area contributed by atoms with E-state index in [2.05, 4.69) is 17.0 Å². The van der Waals surface area contributed by atoms with Crippen molar-refractivity contribution >= 4 is 0 Å². The first-order valence-corrected chi connectivity index (χ1v) is 6.90. The molecule has 1 aliphatic carbocycles. The summed E-state index contributed by atoms with van der Waals surface area (Å²) in [7, 11) is 1.69. The van der Waals surface area contributed by atoms with Gasteiger partial charge in [-0.25, -0.2) is 0 Å². The Kier molecular flexibility index (Phi) is 3.27. The number of likely N-dealkylation sites (tertiary alicyclic amines) is 1. The average molecular weight is 246 g/mol. The zero-order valence-corrected chi connectivity index (χ0v) is 11.0. The molecule has 1 aromatic rings. The maximum atomic E-state index is 6.32. The van der Waals surface area contributed by atoms with Crippen molar-refractivity contribution in [2.24, 2.45) is 11.7 Å². The van der Waals surface area contributed by atoms with Gasteiger partial charge in [0.2, 0.25) is 0 Å². The van der Waals surface area contributed by atoms with Crippen molar-refractivity contribution in [3.8, 4) is 5.75 Å². The summed E-state index contributed by atoms with van der Waals surface area (Å²) in [4.78, 5) is 2.59. The first kappa shape index (κ1) is 12.0. The van der Waals surface area contributed by atoms with Crippen molar-refractivity contribution < 1.29 is 4.74 Å². The van der Waals surface area contributed by atoms with Crippen molar-refractivity contribution in [1.29, 1.82) is 0 Å². The molecule has 3 heteroatoms. The number of piperidine rings is 1. The van der Waals surface area contributed by atoms with E-state index in [9.17, 15) is 0 Å². The number of hydrogen-bond acceptors (Lipinski definition) is 3. The molecule has 2 bridgehead atoms. The zero-order chi connectivity index (χ0) is 12.5. The van der Waals surface area contributed by atoms with Crippen LogP contribution in [0.3, 0.4) is 0 Å². The van der Waals surface area contributed by atoms with Crippen LogP contribution in [0.2, 0.25) is 0 Å². The van der Waals surface area contributed by atoms with Crippen LogP contribution in [0.25, 0.3) is 0 Å². The molecule has 98 valence electrons. The van der Waals surface area contributed by atoms with Gasteiger partial charge in [0, 0.05) is 25.2 Å². The summed E-state index contributed by atoms with van der Waals surface area (Å²) >= 11 is 0. The summed E-state index contributed by atoms with van der Waals surface area (Å²) in [5, 5.41) is 0. The summed E-state index contributed by atoms with van der Waals surface area (Å²) < 4.78 is 5.17. The Morgan fingerprint density at radius 3 is 2.67 bits per heavy atom. The fraction of sp³-hybridized carbons (Fsp3) is 0.600. The molecule has 3 atom stereocenters. The van der Waals surface area contributed by atoms with Crippen molar-refractivity contribution in [2.45, 2.75) is 31.3 Å². The number of fused-ring (bicyclic) bond motifs is 2. The van der Waals surface area contributed by atoms with E-state index in [0.717, 1.165) is 24.3 Å². The molecule has 0 aromatic heterocycles. The maximum absolute atomic E-state index is 6.32. The number of nitrogens with zero attached hydrogens (tertiary/aromatic N) is 1. The fourth-order valence-electron chi connectivity index (χ4n) is 3.46. The topological polar surface area (TPSA) is 38.5 Å². The second-order valence-electron chi connectivity index (χ2n) is 5.67. The molecule has 1 heterocycles. The highest BCUT2D eigenvalue weighted by Crippen LogP contribution is 2.37. The minimum absolute atomic E-state index is 0.121. The Labute approximate surface area is 109 Å². The van der Waals surface area contributed by atoms with Gasteiger partial charge in [-0.1, -0.05) is 12.1 Å². The number of benzene rings is 1. The number of hydrogen-bond donors (Lipinski definition) is 1. The average Bonchev–Trinajstić information content (AvgIpc) is 3.01. The Bertz CT molecular complexity index is 403. The molecule has 18 heavy (non-hydrogen) atoms. The van der Waals surface area contributed by atoms with Gasteiger partial charge >= 0.3 is 0 Å². The second kappa shape index (κ2) is 4.90. The van der Waals surface area contributed by atoms with Gasteiger partial charge in [-0.05, 0) is 42.9 Å².